The Bertz CT molecular complexity index is 589. The molecule has 1 unspecified atom stereocenters. The van der Waals surface area contributed by atoms with Gasteiger partial charge in [0.2, 0.25) is 0 Å². The predicted molar refractivity (Wildman–Crippen MR) is 75.0 cm³/mol. The van der Waals surface area contributed by atoms with Crippen molar-refractivity contribution in [1.29, 1.82) is 0 Å². The van der Waals surface area contributed by atoms with Gasteiger partial charge in [-0.2, -0.15) is 13.2 Å². The smallest absolute Gasteiger partial charge is 0.416 e. The number of halogens is 3. The Kier molecular flexibility index (Phi) is 4.73. The quantitative estimate of drug-likeness (QED) is 0.875. The Morgan fingerprint density at radius 1 is 1.19 bits per heavy atom. The normalized spacial score (nSPS) is 13.4. The highest BCUT2D eigenvalue weighted by molar-refractivity contribution is 5.36. The lowest BCUT2D eigenvalue weighted by atomic mass is 9.96. The van der Waals surface area contributed by atoms with Crippen molar-refractivity contribution in [1.82, 2.24) is 5.32 Å². The summed E-state index contributed by atoms with van der Waals surface area (Å²) in [4.78, 5) is 0. The van der Waals surface area contributed by atoms with Gasteiger partial charge in [0, 0.05) is 12.0 Å². The number of nitrogens with one attached hydrogen (secondary N) is 1. The maximum atomic E-state index is 12.9. The molecule has 1 aromatic heterocycles. The van der Waals surface area contributed by atoms with Gasteiger partial charge in [-0.05, 0) is 30.3 Å². The van der Waals surface area contributed by atoms with Crippen LogP contribution in [0.15, 0.2) is 41.0 Å². The maximum Gasteiger partial charge on any atom is 0.416 e. The Hall–Kier alpha value is -1.75. The molecule has 1 aromatic carbocycles. The molecular formula is C16H18F3NO. The topological polar surface area (TPSA) is 25.2 Å². The molecule has 0 fully saturated rings. The second-order valence-corrected chi connectivity index (χ2v) is 4.77. The largest absolute Gasteiger partial charge is 0.469 e. The van der Waals surface area contributed by atoms with Crippen molar-refractivity contribution < 1.29 is 17.6 Å². The first kappa shape index (κ1) is 15.6. The van der Waals surface area contributed by atoms with Crippen LogP contribution in [0.3, 0.4) is 0 Å². The van der Waals surface area contributed by atoms with Gasteiger partial charge >= 0.3 is 6.18 Å². The van der Waals surface area contributed by atoms with Gasteiger partial charge in [-0.25, -0.2) is 0 Å². The fourth-order valence-corrected chi connectivity index (χ4v) is 2.40. The Morgan fingerprint density at radius 3 is 2.57 bits per heavy atom. The molecule has 1 atom stereocenters. The summed E-state index contributed by atoms with van der Waals surface area (Å²) in [7, 11) is 0. The summed E-state index contributed by atoms with van der Waals surface area (Å²) in [6.07, 6.45) is -2.06. The molecule has 0 saturated heterocycles. The molecule has 0 spiro atoms. The van der Waals surface area contributed by atoms with E-state index in [1.807, 2.05) is 19.9 Å². The summed E-state index contributed by atoms with van der Waals surface area (Å²) in [5, 5.41) is 3.23. The number of hydrogen-bond donors (Lipinski definition) is 1. The molecule has 0 aliphatic heterocycles. The van der Waals surface area contributed by atoms with Crippen molar-refractivity contribution in [2.45, 2.75) is 32.5 Å². The lowest BCUT2D eigenvalue weighted by Gasteiger charge is -2.19. The minimum absolute atomic E-state index is 0.300. The van der Waals surface area contributed by atoms with Gasteiger partial charge in [-0.3, -0.25) is 0 Å². The summed E-state index contributed by atoms with van der Waals surface area (Å²) in [6.45, 7) is 4.53. The van der Waals surface area contributed by atoms with E-state index in [4.69, 9.17) is 4.42 Å². The molecule has 0 amide bonds. The molecule has 2 nitrogen and oxygen atoms in total. The minimum atomic E-state index is -4.34. The number of benzene rings is 1. The highest BCUT2D eigenvalue weighted by Crippen LogP contribution is 2.33. The first-order chi connectivity index (χ1) is 9.97. The third-order valence-corrected chi connectivity index (χ3v) is 3.37. The van der Waals surface area contributed by atoms with Crippen LogP contribution in [0.25, 0.3) is 0 Å². The van der Waals surface area contributed by atoms with Crippen LogP contribution in [0.4, 0.5) is 13.2 Å². The SMILES string of the molecule is CCNC(c1cccc(C(F)(F)F)c1)c1ccoc1CC. The molecule has 0 saturated carbocycles. The van der Waals surface area contributed by atoms with Crippen molar-refractivity contribution in [2.75, 3.05) is 6.54 Å². The number of furan rings is 1. The van der Waals surface area contributed by atoms with Crippen LogP contribution in [0.5, 0.6) is 0 Å². The summed E-state index contributed by atoms with van der Waals surface area (Å²) in [5.41, 5.74) is 0.839. The zero-order valence-electron chi connectivity index (χ0n) is 12.0. The third-order valence-electron chi connectivity index (χ3n) is 3.37. The second-order valence-electron chi connectivity index (χ2n) is 4.77. The number of hydrogen-bond acceptors (Lipinski definition) is 2. The van der Waals surface area contributed by atoms with Gasteiger partial charge < -0.3 is 9.73 Å². The third kappa shape index (κ3) is 3.47. The summed E-state index contributed by atoms with van der Waals surface area (Å²) in [6, 6.07) is 6.93. The molecule has 0 bridgehead atoms. The zero-order chi connectivity index (χ0) is 15.5. The zero-order valence-corrected chi connectivity index (χ0v) is 12.0. The van der Waals surface area contributed by atoms with Gasteiger partial charge in [-0.15, -0.1) is 0 Å². The van der Waals surface area contributed by atoms with Crippen LogP contribution in [0, 0.1) is 0 Å². The van der Waals surface area contributed by atoms with Crippen molar-refractivity contribution >= 4 is 0 Å². The molecule has 2 rings (SSSR count). The molecule has 114 valence electrons. The van der Waals surface area contributed by atoms with Gasteiger partial charge in [0.05, 0.1) is 17.9 Å². The van der Waals surface area contributed by atoms with E-state index in [-0.39, 0.29) is 6.04 Å². The van der Waals surface area contributed by atoms with E-state index in [1.54, 1.807) is 12.3 Å². The highest BCUT2D eigenvalue weighted by Gasteiger charge is 2.31. The highest BCUT2D eigenvalue weighted by atomic mass is 19.4. The molecule has 0 aliphatic rings. The molecule has 0 aliphatic carbocycles. The fraction of sp³-hybridized carbons (Fsp3) is 0.375. The van der Waals surface area contributed by atoms with Crippen molar-refractivity contribution in [2.24, 2.45) is 0 Å². The van der Waals surface area contributed by atoms with Crippen LogP contribution in [0.1, 0.15) is 42.3 Å². The van der Waals surface area contributed by atoms with Crippen LogP contribution >= 0.6 is 0 Å². The van der Waals surface area contributed by atoms with E-state index in [9.17, 15) is 13.2 Å². The maximum absolute atomic E-state index is 12.9. The summed E-state index contributed by atoms with van der Waals surface area (Å²) in [5.74, 6) is 0.790. The Balaban J connectivity index is 2.44. The molecule has 2 aromatic rings. The number of aryl methyl sites for hydroxylation is 1. The molecule has 5 heteroatoms. The average Bonchev–Trinajstić information content (AvgIpc) is 2.92. The molecule has 1 N–H and O–H groups in total. The Labute approximate surface area is 122 Å². The molecule has 1 heterocycles. The number of rotatable bonds is 5. The summed E-state index contributed by atoms with van der Waals surface area (Å²) < 4.78 is 44.0. The molecule has 0 radical (unpaired) electrons. The average molecular weight is 297 g/mol. The standard InChI is InChI=1S/C16H18F3NO/c1-3-14-13(8-9-21-14)15(20-4-2)11-6-5-7-12(10-11)16(17,18)19/h5-10,15,20H,3-4H2,1-2H3. The summed E-state index contributed by atoms with van der Waals surface area (Å²) >= 11 is 0. The van der Waals surface area contributed by atoms with E-state index in [0.29, 0.717) is 18.5 Å². The predicted octanol–water partition coefficient (Wildman–Crippen LogP) is 4.56. The van der Waals surface area contributed by atoms with Crippen molar-refractivity contribution in [3.05, 3.63) is 59.0 Å². The number of alkyl halides is 3. The second kappa shape index (κ2) is 6.35. The van der Waals surface area contributed by atoms with Crippen LogP contribution < -0.4 is 5.32 Å². The monoisotopic (exact) mass is 297 g/mol. The van der Waals surface area contributed by atoms with Gasteiger partial charge in [0.1, 0.15) is 5.76 Å². The van der Waals surface area contributed by atoms with Gasteiger partial charge in [0.25, 0.3) is 0 Å². The van der Waals surface area contributed by atoms with Crippen LogP contribution in [0.2, 0.25) is 0 Å². The first-order valence-electron chi connectivity index (χ1n) is 6.94. The van der Waals surface area contributed by atoms with Crippen molar-refractivity contribution in [3.63, 3.8) is 0 Å². The van der Waals surface area contributed by atoms with Gasteiger partial charge in [-0.1, -0.05) is 26.0 Å². The molecular weight excluding hydrogens is 279 g/mol. The van der Waals surface area contributed by atoms with E-state index in [2.05, 4.69) is 5.32 Å². The van der Waals surface area contributed by atoms with E-state index in [1.165, 1.54) is 12.1 Å². The lowest BCUT2D eigenvalue weighted by molar-refractivity contribution is -0.137. The Morgan fingerprint density at radius 2 is 1.95 bits per heavy atom. The van der Waals surface area contributed by atoms with Crippen molar-refractivity contribution in [3.8, 4) is 0 Å². The van der Waals surface area contributed by atoms with E-state index >= 15 is 0 Å². The fourth-order valence-electron chi connectivity index (χ4n) is 2.40. The minimum Gasteiger partial charge on any atom is -0.469 e. The van der Waals surface area contributed by atoms with Crippen LogP contribution in [-0.4, -0.2) is 6.54 Å². The molecule has 21 heavy (non-hydrogen) atoms. The van der Waals surface area contributed by atoms with Gasteiger partial charge in [0.15, 0.2) is 0 Å². The van der Waals surface area contributed by atoms with E-state index < -0.39 is 11.7 Å². The lowest BCUT2D eigenvalue weighted by Crippen LogP contribution is -2.23. The van der Waals surface area contributed by atoms with Crippen LogP contribution in [-0.2, 0) is 12.6 Å². The first-order valence-corrected chi connectivity index (χ1v) is 6.94. The van der Waals surface area contributed by atoms with E-state index in [0.717, 1.165) is 17.4 Å².